The molecular weight excluding hydrogens is 845 g/mol. The minimum Gasteiger partial charge on any atom is -0.309 e. The third kappa shape index (κ3) is 5.62. The van der Waals surface area contributed by atoms with Crippen LogP contribution in [0.4, 0.5) is 0 Å². The number of hydrogen-bond donors (Lipinski definition) is 0. The number of fused-ring (bicyclic) bond motifs is 16. The van der Waals surface area contributed by atoms with Crippen LogP contribution in [0.15, 0.2) is 255 Å². The molecule has 0 amide bonds. The largest absolute Gasteiger partial charge is 0.309 e. The number of nitrogens with zero attached hydrogens (tertiary/aromatic N) is 2. The Bertz CT molecular complexity index is 4390. The second-order valence-corrected chi connectivity index (χ2v) is 18.7. The van der Waals surface area contributed by atoms with Crippen LogP contribution in [0.1, 0.15) is 0 Å². The summed E-state index contributed by atoms with van der Waals surface area (Å²) in [6, 6.07) is 94.5. The first-order valence-electron chi connectivity index (χ1n) is 24.3. The molecule has 0 spiro atoms. The van der Waals surface area contributed by atoms with Gasteiger partial charge in [0.05, 0.1) is 22.1 Å². The Morgan fingerprint density at radius 3 is 0.971 bits per heavy atom. The zero-order valence-corrected chi connectivity index (χ0v) is 38.1. The molecule has 0 N–H and O–H groups in total. The maximum atomic E-state index is 2.46. The van der Waals surface area contributed by atoms with E-state index in [1.165, 1.54) is 132 Å². The molecule has 0 unspecified atom stereocenters. The van der Waals surface area contributed by atoms with Gasteiger partial charge in [-0.25, -0.2) is 0 Å². The van der Waals surface area contributed by atoms with Crippen LogP contribution >= 0.6 is 0 Å². The molecule has 12 aromatic carbocycles. The average molecular weight is 887 g/mol. The fourth-order valence-electron chi connectivity index (χ4n) is 12.1. The quantitative estimate of drug-likeness (QED) is 0.156. The summed E-state index contributed by atoms with van der Waals surface area (Å²) in [7, 11) is 0. The van der Waals surface area contributed by atoms with E-state index in [0.717, 1.165) is 11.4 Å². The van der Waals surface area contributed by atoms with Crippen LogP contribution in [-0.4, -0.2) is 9.13 Å². The van der Waals surface area contributed by atoms with Crippen molar-refractivity contribution in [1.29, 1.82) is 0 Å². The van der Waals surface area contributed by atoms with Crippen molar-refractivity contribution >= 4 is 65.2 Å². The van der Waals surface area contributed by atoms with Gasteiger partial charge >= 0.3 is 0 Å². The van der Waals surface area contributed by atoms with E-state index in [4.69, 9.17) is 0 Å². The standard InChI is InChI=1S/C68H42N2/c1-2-18-45(19-3-1)69-63-32-16-14-26-54(63)61-42-66-62(41-65(61)69)55-27-15-17-33-64(55)70(66)46-37-34-43(35-38-46)67-56-28-10-12-30-58(56)68(59-31-13-11-29-57(59)67)44-36-39-53-51-24-7-6-22-49(51)47-20-4-5-21-48(47)50-23-8-9-25-52(50)60(53)40-44/h1-42H. The Hall–Kier alpha value is -9.24. The van der Waals surface area contributed by atoms with E-state index in [-0.39, 0.29) is 0 Å². The molecule has 70 heavy (non-hydrogen) atoms. The SMILES string of the molecule is c1ccc(-n2c3ccccc3c3cc4c(cc32)c2ccccc2n4-c2ccc(-c3c4ccccc4c(-c4ccc5c(c4)-c4ccccc4-c4ccccc4-c4ccccc4-5)c4ccccc34)cc2)cc1. The maximum Gasteiger partial charge on any atom is 0.0548 e. The smallest absolute Gasteiger partial charge is 0.0548 e. The summed E-state index contributed by atoms with van der Waals surface area (Å²) < 4.78 is 4.87. The van der Waals surface area contributed by atoms with Crippen molar-refractivity contribution in [2.45, 2.75) is 0 Å². The Kier molecular flexibility index (Phi) is 8.39. The first-order chi connectivity index (χ1) is 34.8. The predicted molar refractivity (Wildman–Crippen MR) is 296 cm³/mol. The highest BCUT2D eigenvalue weighted by atomic mass is 15.0. The molecule has 2 heterocycles. The number of hydrogen-bond acceptors (Lipinski definition) is 0. The molecule has 2 heteroatoms. The van der Waals surface area contributed by atoms with E-state index in [1.54, 1.807) is 0 Å². The summed E-state index contributed by atoms with van der Waals surface area (Å²) in [5.41, 5.74) is 22.1. The Labute approximate surface area is 405 Å². The maximum absolute atomic E-state index is 2.46. The fourth-order valence-corrected chi connectivity index (χ4v) is 12.1. The summed E-state index contributed by atoms with van der Waals surface area (Å²) in [6.45, 7) is 0. The van der Waals surface area contributed by atoms with Gasteiger partial charge in [0.1, 0.15) is 0 Å². The molecule has 2 nitrogen and oxygen atoms in total. The first kappa shape index (κ1) is 38.8. The molecular formula is C68H42N2. The summed E-state index contributed by atoms with van der Waals surface area (Å²) in [5, 5.41) is 9.94. The van der Waals surface area contributed by atoms with Gasteiger partial charge in [-0.05, 0) is 143 Å². The molecule has 1 aliphatic carbocycles. The summed E-state index contributed by atoms with van der Waals surface area (Å²) in [5.74, 6) is 0. The fraction of sp³-hybridized carbons (Fsp3) is 0. The highest BCUT2D eigenvalue weighted by Gasteiger charge is 2.24. The van der Waals surface area contributed by atoms with E-state index in [0.29, 0.717) is 0 Å². The average Bonchev–Trinajstić information content (AvgIpc) is 3.93. The molecule has 1 aliphatic rings. The van der Waals surface area contributed by atoms with Gasteiger partial charge in [-0.1, -0.05) is 200 Å². The monoisotopic (exact) mass is 886 g/mol. The van der Waals surface area contributed by atoms with Gasteiger partial charge in [0.25, 0.3) is 0 Å². The molecule has 0 aliphatic heterocycles. The number of aromatic nitrogens is 2. The van der Waals surface area contributed by atoms with Crippen LogP contribution < -0.4 is 0 Å². The van der Waals surface area contributed by atoms with Gasteiger partial charge in [0, 0.05) is 32.9 Å². The van der Waals surface area contributed by atoms with Gasteiger partial charge in [-0.3, -0.25) is 0 Å². The van der Waals surface area contributed by atoms with Crippen molar-refractivity contribution < 1.29 is 0 Å². The first-order valence-corrected chi connectivity index (χ1v) is 24.3. The second-order valence-electron chi connectivity index (χ2n) is 18.7. The van der Waals surface area contributed by atoms with E-state index < -0.39 is 0 Å². The van der Waals surface area contributed by atoms with Crippen LogP contribution in [0.25, 0.3) is 143 Å². The van der Waals surface area contributed by atoms with E-state index >= 15 is 0 Å². The minimum atomic E-state index is 1.14. The molecule has 0 bridgehead atoms. The number of rotatable bonds is 4. The number of benzene rings is 12. The van der Waals surface area contributed by atoms with Crippen molar-refractivity contribution in [2.75, 3.05) is 0 Å². The molecule has 0 saturated heterocycles. The molecule has 0 fully saturated rings. The zero-order valence-electron chi connectivity index (χ0n) is 38.1. The lowest BCUT2D eigenvalue weighted by Crippen LogP contribution is -1.98. The van der Waals surface area contributed by atoms with Gasteiger partial charge in [-0.15, -0.1) is 0 Å². The van der Waals surface area contributed by atoms with E-state index in [2.05, 4.69) is 264 Å². The van der Waals surface area contributed by atoms with Crippen molar-refractivity contribution in [2.24, 2.45) is 0 Å². The highest BCUT2D eigenvalue weighted by molar-refractivity contribution is 6.22. The Morgan fingerprint density at radius 1 is 0.186 bits per heavy atom. The van der Waals surface area contributed by atoms with Crippen molar-refractivity contribution in [3.8, 4) is 78.1 Å². The van der Waals surface area contributed by atoms with Crippen molar-refractivity contribution in [1.82, 2.24) is 9.13 Å². The normalized spacial score (nSPS) is 12.0. The zero-order chi connectivity index (χ0) is 45.9. The third-order valence-corrected chi connectivity index (χ3v) is 15.1. The lowest BCUT2D eigenvalue weighted by molar-refractivity contribution is 1.17. The summed E-state index contributed by atoms with van der Waals surface area (Å²) in [4.78, 5) is 0. The summed E-state index contributed by atoms with van der Waals surface area (Å²) in [6.07, 6.45) is 0. The minimum absolute atomic E-state index is 1.14. The predicted octanol–water partition coefficient (Wildman–Crippen LogP) is 18.5. The lowest BCUT2D eigenvalue weighted by atomic mass is 9.79. The van der Waals surface area contributed by atoms with Gasteiger partial charge in [0.2, 0.25) is 0 Å². The molecule has 15 rings (SSSR count). The second kappa shape index (κ2) is 15.1. The Morgan fingerprint density at radius 2 is 0.514 bits per heavy atom. The van der Waals surface area contributed by atoms with Gasteiger partial charge < -0.3 is 9.13 Å². The number of para-hydroxylation sites is 3. The lowest BCUT2D eigenvalue weighted by Gasteiger charge is -2.24. The Balaban J connectivity index is 0.913. The van der Waals surface area contributed by atoms with E-state index in [1.807, 2.05) is 0 Å². The topological polar surface area (TPSA) is 9.86 Å². The molecule has 14 aromatic rings. The van der Waals surface area contributed by atoms with Crippen LogP contribution in [0.2, 0.25) is 0 Å². The molecule has 0 radical (unpaired) electrons. The van der Waals surface area contributed by atoms with Gasteiger partial charge in [-0.2, -0.15) is 0 Å². The van der Waals surface area contributed by atoms with E-state index in [9.17, 15) is 0 Å². The van der Waals surface area contributed by atoms with Crippen LogP contribution in [0, 0.1) is 0 Å². The third-order valence-electron chi connectivity index (χ3n) is 15.1. The van der Waals surface area contributed by atoms with Crippen LogP contribution in [0.3, 0.4) is 0 Å². The van der Waals surface area contributed by atoms with Crippen molar-refractivity contribution in [3.63, 3.8) is 0 Å². The van der Waals surface area contributed by atoms with Crippen LogP contribution in [0.5, 0.6) is 0 Å². The van der Waals surface area contributed by atoms with Crippen molar-refractivity contribution in [3.05, 3.63) is 255 Å². The molecule has 0 saturated carbocycles. The van der Waals surface area contributed by atoms with Crippen LogP contribution in [-0.2, 0) is 0 Å². The summed E-state index contributed by atoms with van der Waals surface area (Å²) >= 11 is 0. The highest BCUT2D eigenvalue weighted by Crippen LogP contribution is 2.51. The molecule has 0 atom stereocenters. The molecule has 324 valence electrons. The molecule has 2 aromatic heterocycles. The van der Waals surface area contributed by atoms with Gasteiger partial charge in [0.15, 0.2) is 0 Å².